The first kappa shape index (κ1) is 11.6. The fourth-order valence-electron chi connectivity index (χ4n) is 5.24. The van der Waals surface area contributed by atoms with Crippen molar-refractivity contribution in [2.24, 2.45) is 17.8 Å². The van der Waals surface area contributed by atoms with Crippen LogP contribution in [-0.2, 0) is 5.41 Å². The van der Waals surface area contributed by atoms with E-state index in [0.29, 0.717) is 5.41 Å². The lowest BCUT2D eigenvalue weighted by Crippen LogP contribution is -2.50. The number of hydrogen-bond donors (Lipinski definition) is 0. The molecule has 5 rings (SSSR count). The van der Waals surface area contributed by atoms with Crippen LogP contribution in [0.4, 0.5) is 0 Å². The first-order valence-corrected chi connectivity index (χ1v) is 7.55. The number of benzene rings is 1. The van der Waals surface area contributed by atoms with Gasteiger partial charge in [0.2, 0.25) is 0 Å². The van der Waals surface area contributed by atoms with E-state index in [1.807, 2.05) is 0 Å². The molecule has 100 valence electrons. The number of methoxy groups -OCH3 is 1. The van der Waals surface area contributed by atoms with Crippen molar-refractivity contribution in [2.75, 3.05) is 7.11 Å². The first-order valence-electron chi connectivity index (χ1n) is 7.55. The van der Waals surface area contributed by atoms with Crippen LogP contribution in [0.15, 0.2) is 36.4 Å². The third-order valence-electron chi connectivity index (χ3n) is 5.93. The summed E-state index contributed by atoms with van der Waals surface area (Å²) in [4.78, 5) is 0. The maximum atomic E-state index is 5.29. The lowest BCUT2D eigenvalue weighted by Gasteiger charge is -2.58. The molecule has 1 aromatic rings. The Labute approximate surface area is 115 Å². The molecule has 4 aliphatic carbocycles. The molecule has 0 heterocycles. The molecule has 1 heteroatoms. The van der Waals surface area contributed by atoms with Crippen LogP contribution in [0.1, 0.15) is 37.7 Å². The van der Waals surface area contributed by atoms with E-state index in [4.69, 9.17) is 4.74 Å². The van der Waals surface area contributed by atoms with Crippen molar-refractivity contribution in [3.63, 3.8) is 0 Å². The maximum Gasteiger partial charge on any atom is 0.118 e. The summed E-state index contributed by atoms with van der Waals surface area (Å²) in [6.45, 7) is 4.51. The number of allylic oxidation sites excluding steroid dienone is 1. The zero-order valence-electron chi connectivity index (χ0n) is 11.7. The minimum Gasteiger partial charge on any atom is -0.497 e. The molecule has 4 bridgehead atoms. The van der Waals surface area contributed by atoms with Gasteiger partial charge in [0.1, 0.15) is 5.75 Å². The third-order valence-corrected chi connectivity index (χ3v) is 5.93. The van der Waals surface area contributed by atoms with Gasteiger partial charge in [0.25, 0.3) is 0 Å². The quantitative estimate of drug-likeness (QED) is 0.714. The average molecular weight is 254 g/mol. The molecule has 4 fully saturated rings. The highest BCUT2D eigenvalue weighted by Crippen LogP contribution is 2.62. The molecule has 19 heavy (non-hydrogen) atoms. The molecule has 0 aromatic heterocycles. The van der Waals surface area contributed by atoms with Crippen molar-refractivity contribution >= 4 is 0 Å². The van der Waals surface area contributed by atoms with Gasteiger partial charge in [-0.1, -0.05) is 24.3 Å². The molecule has 0 radical (unpaired) electrons. The van der Waals surface area contributed by atoms with Gasteiger partial charge in [0.05, 0.1) is 7.11 Å². The van der Waals surface area contributed by atoms with Crippen LogP contribution in [-0.4, -0.2) is 7.11 Å². The largest absolute Gasteiger partial charge is 0.497 e. The fraction of sp³-hybridized carbons (Fsp3) is 0.556. The maximum absolute atomic E-state index is 5.29. The van der Waals surface area contributed by atoms with Crippen molar-refractivity contribution in [3.8, 4) is 5.75 Å². The van der Waals surface area contributed by atoms with Gasteiger partial charge in [-0.2, -0.15) is 0 Å². The molecule has 4 atom stereocenters. The Balaban J connectivity index is 1.77. The highest BCUT2D eigenvalue weighted by atomic mass is 16.5. The fourth-order valence-corrected chi connectivity index (χ4v) is 5.24. The van der Waals surface area contributed by atoms with Crippen LogP contribution < -0.4 is 4.74 Å². The van der Waals surface area contributed by atoms with E-state index in [2.05, 4.69) is 30.8 Å². The summed E-state index contributed by atoms with van der Waals surface area (Å²) >= 11 is 0. The molecular weight excluding hydrogens is 232 g/mol. The monoisotopic (exact) mass is 254 g/mol. The van der Waals surface area contributed by atoms with E-state index < -0.39 is 0 Å². The van der Waals surface area contributed by atoms with Crippen molar-refractivity contribution in [1.29, 1.82) is 0 Å². The topological polar surface area (TPSA) is 9.23 Å². The van der Waals surface area contributed by atoms with E-state index in [1.54, 1.807) is 7.11 Å². The molecule has 0 N–H and O–H groups in total. The molecule has 1 nitrogen and oxygen atoms in total. The summed E-state index contributed by atoms with van der Waals surface area (Å²) in [5, 5.41) is 0. The van der Waals surface area contributed by atoms with Crippen molar-refractivity contribution in [2.45, 2.75) is 37.5 Å². The molecule has 0 amide bonds. The molecule has 4 aliphatic rings. The van der Waals surface area contributed by atoms with Gasteiger partial charge in [-0.15, -0.1) is 0 Å². The highest BCUT2D eigenvalue weighted by Gasteiger charge is 2.53. The molecule has 1 aromatic carbocycles. The molecule has 2 unspecified atom stereocenters. The summed E-state index contributed by atoms with van der Waals surface area (Å²) in [6.07, 6.45) is 6.97. The van der Waals surface area contributed by atoms with Gasteiger partial charge in [-0.25, -0.2) is 0 Å². The van der Waals surface area contributed by atoms with Crippen LogP contribution in [0.25, 0.3) is 0 Å². The Morgan fingerprint density at radius 2 is 1.68 bits per heavy atom. The molecular formula is C18H22O. The zero-order chi connectivity index (χ0) is 13.0. The SMILES string of the molecule is C=C1C2C[C@@H]3C[C@H](C2)CC1(c1ccc(OC)cc1)C3. The highest BCUT2D eigenvalue weighted by molar-refractivity contribution is 5.43. The summed E-state index contributed by atoms with van der Waals surface area (Å²) < 4.78 is 5.29. The number of rotatable bonds is 2. The van der Waals surface area contributed by atoms with Crippen LogP contribution in [0.3, 0.4) is 0 Å². The summed E-state index contributed by atoms with van der Waals surface area (Å²) in [5.74, 6) is 3.66. The Morgan fingerprint density at radius 3 is 2.26 bits per heavy atom. The third kappa shape index (κ3) is 1.54. The van der Waals surface area contributed by atoms with E-state index >= 15 is 0 Å². The van der Waals surface area contributed by atoms with Crippen molar-refractivity contribution in [1.82, 2.24) is 0 Å². The van der Waals surface area contributed by atoms with Gasteiger partial charge in [0.15, 0.2) is 0 Å². The minimum atomic E-state index is 0.293. The van der Waals surface area contributed by atoms with Gasteiger partial charge in [-0.3, -0.25) is 0 Å². The smallest absolute Gasteiger partial charge is 0.118 e. The Morgan fingerprint density at radius 1 is 1.05 bits per heavy atom. The van der Waals surface area contributed by atoms with Gasteiger partial charge < -0.3 is 4.74 Å². The predicted molar refractivity (Wildman–Crippen MR) is 77.4 cm³/mol. The average Bonchev–Trinajstić information content (AvgIpc) is 2.44. The second-order valence-corrected chi connectivity index (χ2v) is 6.88. The zero-order valence-corrected chi connectivity index (χ0v) is 11.7. The molecule has 0 spiro atoms. The lowest BCUT2D eigenvalue weighted by atomic mass is 9.46. The Bertz CT molecular complexity index is 499. The first-order chi connectivity index (χ1) is 9.21. The molecule has 4 saturated carbocycles. The van der Waals surface area contributed by atoms with Crippen molar-refractivity contribution < 1.29 is 4.74 Å². The van der Waals surface area contributed by atoms with Crippen molar-refractivity contribution in [3.05, 3.63) is 42.0 Å². The van der Waals surface area contributed by atoms with Crippen LogP contribution in [0.5, 0.6) is 5.75 Å². The summed E-state index contributed by atoms with van der Waals surface area (Å²) in [6, 6.07) is 8.77. The minimum absolute atomic E-state index is 0.293. The number of hydrogen-bond acceptors (Lipinski definition) is 1. The van der Waals surface area contributed by atoms with Crippen LogP contribution >= 0.6 is 0 Å². The van der Waals surface area contributed by atoms with E-state index in [0.717, 1.165) is 23.5 Å². The number of ether oxygens (including phenoxy) is 1. The van der Waals surface area contributed by atoms with Gasteiger partial charge >= 0.3 is 0 Å². The second-order valence-electron chi connectivity index (χ2n) is 6.88. The summed E-state index contributed by atoms with van der Waals surface area (Å²) in [7, 11) is 1.73. The summed E-state index contributed by atoms with van der Waals surface area (Å²) in [5.41, 5.74) is 3.31. The lowest BCUT2D eigenvalue weighted by molar-refractivity contribution is 0.0472. The van der Waals surface area contributed by atoms with Crippen LogP contribution in [0, 0.1) is 17.8 Å². The van der Waals surface area contributed by atoms with Crippen LogP contribution in [0.2, 0.25) is 0 Å². The van der Waals surface area contributed by atoms with Gasteiger partial charge in [0, 0.05) is 5.41 Å². The van der Waals surface area contributed by atoms with E-state index in [1.165, 1.54) is 43.2 Å². The standard InChI is InChI=1S/C18H22O/c1-12-15-8-13-7-14(9-15)11-18(12,10-13)16-3-5-17(19-2)6-4-16/h3-6,13-15H,1,7-11H2,2H3/t13-,14+,15?,18?. The Kier molecular flexibility index (Phi) is 2.36. The normalized spacial score (nSPS) is 39.6. The van der Waals surface area contributed by atoms with Gasteiger partial charge in [-0.05, 0) is 67.6 Å². The molecule has 0 saturated heterocycles. The predicted octanol–water partition coefficient (Wildman–Crippen LogP) is 4.33. The Hall–Kier alpha value is -1.24. The second kappa shape index (κ2) is 3.88. The van der Waals surface area contributed by atoms with E-state index in [-0.39, 0.29) is 0 Å². The van der Waals surface area contributed by atoms with E-state index in [9.17, 15) is 0 Å². The molecule has 0 aliphatic heterocycles.